The average Bonchev–Trinajstić information content (AvgIpc) is 0.966. The van der Waals surface area contributed by atoms with Gasteiger partial charge in [0.25, 0.3) is 11.5 Å². The van der Waals surface area contributed by atoms with E-state index in [0.29, 0.717) is 34.3 Å². The Morgan fingerprint density at radius 3 is 1.51 bits per heavy atom. The summed E-state index contributed by atoms with van der Waals surface area (Å²) in [5, 5.41) is 85.0. The largest absolute Gasteiger partial charge is 0.481 e. The number of nitro benzene ring substituents is 1. The lowest BCUT2D eigenvalue weighted by atomic mass is 10.1. The molecule has 6 rings (SSSR count). The van der Waals surface area contributed by atoms with E-state index in [1.54, 1.807) is 111 Å². The molecule has 0 aromatic heterocycles. The molecular weight excluding hydrogens is 1290 g/mol. The Kier molecular flexibility index (Phi) is 40.9. The average molecular weight is 1350 g/mol. The van der Waals surface area contributed by atoms with Crippen molar-refractivity contribution < 1.29 is 134 Å². The Labute approximate surface area is 529 Å². The smallest absolute Gasteiger partial charge is 0.465 e. The van der Waals surface area contributed by atoms with E-state index < -0.39 is 90.9 Å². The zero-order valence-electron chi connectivity index (χ0n) is 48.7. The van der Waals surface area contributed by atoms with Crippen molar-refractivity contribution >= 4 is 90.9 Å². The van der Waals surface area contributed by atoms with Crippen molar-refractivity contribution in [2.75, 3.05) is 31.7 Å². The molecule has 6 aromatic carbocycles. The van der Waals surface area contributed by atoms with Crippen molar-refractivity contribution in [3.8, 4) is 11.8 Å². The molecule has 0 radical (unpaired) electrons. The first kappa shape index (κ1) is 84.1. The molecule has 6 aromatic rings. The number of nitrogens with zero attached hydrogens (tertiary/aromatic N) is 2. The summed E-state index contributed by atoms with van der Waals surface area (Å²) in [6.45, 7) is 4.72. The maximum atomic E-state index is 11.4. The van der Waals surface area contributed by atoms with E-state index in [1.807, 2.05) is 36.4 Å². The quantitative estimate of drug-likeness (QED) is 0.00457. The summed E-state index contributed by atoms with van der Waals surface area (Å²) >= 11 is 1.41. The number of ether oxygens (including phenoxy) is 1. The van der Waals surface area contributed by atoms with Crippen molar-refractivity contribution in [2.24, 2.45) is 0 Å². The Hall–Kier alpha value is -11.0. The van der Waals surface area contributed by atoms with Crippen LogP contribution in [0.4, 0.5) is 27.6 Å². The van der Waals surface area contributed by atoms with Crippen LogP contribution in [0, 0.1) is 28.4 Å². The number of carbonyl (C=O) groups excluding carboxylic acids is 2. The van der Waals surface area contributed by atoms with Crippen molar-refractivity contribution in [3.05, 3.63) is 218 Å². The number of aromatic carboxylic acids is 2. The second-order valence-corrected chi connectivity index (χ2v) is 19.7. The molecule has 8 N–H and O–H groups in total. The van der Waals surface area contributed by atoms with Crippen LogP contribution < -0.4 is 4.74 Å². The van der Waals surface area contributed by atoms with Crippen LogP contribution in [0.5, 0.6) is 5.75 Å². The van der Waals surface area contributed by atoms with Gasteiger partial charge in [-0.3, -0.25) is 33.9 Å². The Morgan fingerprint density at radius 1 is 0.645 bits per heavy atom. The molecule has 0 bridgehead atoms. The molecule has 0 saturated heterocycles. The first-order chi connectivity index (χ1) is 43.5. The van der Waals surface area contributed by atoms with Gasteiger partial charge in [0.2, 0.25) is 0 Å². The normalized spacial score (nSPS) is 10.1. The van der Waals surface area contributed by atoms with Gasteiger partial charge < -0.3 is 54.6 Å². The number of hydrogen-bond donors (Lipinski definition) is 8. The van der Waals surface area contributed by atoms with Crippen LogP contribution in [0.3, 0.4) is 0 Å². The molecule has 33 heteroatoms. The van der Waals surface area contributed by atoms with E-state index in [4.69, 9.17) is 59.9 Å². The molecule has 0 unspecified atom stereocenters. The summed E-state index contributed by atoms with van der Waals surface area (Å²) in [6, 6.07) is 45.3. The van der Waals surface area contributed by atoms with E-state index in [0.717, 1.165) is 17.4 Å². The van der Waals surface area contributed by atoms with Crippen LogP contribution in [0.15, 0.2) is 164 Å². The number of benzene rings is 6. The summed E-state index contributed by atoms with van der Waals surface area (Å²) in [7, 11) is -3.38. The first-order valence-corrected chi connectivity index (χ1v) is 28.4. The number of thioether (sulfide) groups is 1. The zero-order valence-corrected chi connectivity index (χ0v) is 50.4. The lowest BCUT2D eigenvalue weighted by Gasteiger charge is -2.14. The number of aliphatic carboxylic acids is 6. The Balaban J connectivity index is 0. The van der Waals surface area contributed by atoms with Crippen LogP contribution in [0.25, 0.3) is 6.08 Å². The zero-order chi connectivity index (χ0) is 71.3. The third-order valence-electron chi connectivity index (χ3n) is 9.71. The molecular formula is C60H58F5N2O24PS. The molecule has 0 amide bonds. The monoisotopic (exact) mass is 1350 g/mol. The molecule has 93 heavy (non-hydrogen) atoms. The molecule has 0 aliphatic rings. The minimum atomic E-state index is -6.02. The summed E-state index contributed by atoms with van der Waals surface area (Å²) in [4.78, 5) is 112. The number of rotatable bonds is 22. The second-order valence-electron chi connectivity index (χ2n) is 16.7. The number of carboxylic acid groups (broad SMARTS) is 8. The van der Waals surface area contributed by atoms with Gasteiger partial charge in [0.15, 0.2) is 12.9 Å². The predicted octanol–water partition coefficient (Wildman–Crippen LogP) is 11.2. The SMILES string of the molecule is CCOP(=O)(CC(=O)O)OCC.Cc1cccc([N+](=O)[O-])c1C(=O)O.N#Cc1ccc(C=CC(=O)O)cc1.O=C(O)C(=O)c1ccccc1.O=C(O)C(F)(F)C(F)(F)F.O=C(O)CSCc1ccccc1.O=C(O)c1ccccc1.O=Cc1ccccc1OCC(=O)O. The Morgan fingerprint density at radius 2 is 1.14 bits per heavy atom. The van der Waals surface area contributed by atoms with Gasteiger partial charge in [-0.15, -0.1) is 11.8 Å². The summed E-state index contributed by atoms with van der Waals surface area (Å²) in [5.74, 6) is -16.0. The van der Waals surface area contributed by atoms with Gasteiger partial charge in [-0.05, 0) is 79.9 Å². The first-order valence-electron chi connectivity index (χ1n) is 25.5. The van der Waals surface area contributed by atoms with Crippen molar-refractivity contribution in [1.29, 1.82) is 5.26 Å². The highest BCUT2D eigenvalue weighted by molar-refractivity contribution is 7.99. The van der Waals surface area contributed by atoms with Crippen LogP contribution in [0.1, 0.15) is 77.5 Å². The number of Topliss-reactive ketones (excluding diaryl/α,β-unsaturated/α-hetero) is 1. The van der Waals surface area contributed by atoms with Gasteiger partial charge >= 0.3 is 67.4 Å². The van der Waals surface area contributed by atoms with Crippen molar-refractivity contribution in [1.82, 2.24) is 0 Å². The number of carbonyl (C=O) groups is 10. The van der Waals surface area contributed by atoms with Crippen LogP contribution in [-0.2, 0) is 48.1 Å². The van der Waals surface area contributed by atoms with Crippen molar-refractivity contribution in [2.45, 2.75) is 38.6 Å². The summed E-state index contributed by atoms with van der Waals surface area (Å²) in [6.07, 6.45) is -3.43. The van der Waals surface area contributed by atoms with Gasteiger partial charge in [-0.25, -0.2) is 28.8 Å². The fourth-order valence-electron chi connectivity index (χ4n) is 5.70. The number of alkyl halides is 5. The molecule has 26 nitrogen and oxygen atoms in total. The highest BCUT2D eigenvalue weighted by atomic mass is 32.2. The summed E-state index contributed by atoms with van der Waals surface area (Å²) in [5.41, 5.74) is 3.17. The minimum absolute atomic E-state index is 0.175. The number of para-hydroxylation sites is 1. The lowest BCUT2D eigenvalue weighted by Crippen LogP contribution is -2.43. The molecule has 0 spiro atoms. The van der Waals surface area contributed by atoms with Gasteiger partial charge in [0, 0.05) is 23.5 Å². The second kappa shape index (κ2) is 45.3. The number of nitriles is 1. The summed E-state index contributed by atoms with van der Waals surface area (Å²) < 4.78 is 81.2. The number of ketones is 1. The van der Waals surface area contributed by atoms with Crippen LogP contribution >= 0.6 is 19.4 Å². The molecule has 0 aliphatic carbocycles. The number of aldehydes is 1. The van der Waals surface area contributed by atoms with Gasteiger partial charge in [-0.1, -0.05) is 115 Å². The van der Waals surface area contributed by atoms with E-state index in [2.05, 4.69) is 0 Å². The standard InChI is InChI=1S/C10H7NO2.C9H8O4.C9H10O2S.C8H7NO4.C8H6O3.C7H6O2.C6H13O5P.C3HF5O2/c11-7-9-3-1-8(2-4-9)5-6-10(12)13;10-5-7-3-1-2-4-8(7)13-6-9(11)12;10-9(11)7-12-6-8-4-2-1-3-5-8;1-5-3-2-4-6(9(12)13)7(5)8(10)11;9-7(8(10)11)6-4-2-1-3-5-6;8-7(9)6-4-2-1-3-5-6;1-3-10-12(9,11-4-2)5-6(7)8;4-2(5,1(9)10)3(6,7)8/h1-6H,(H,12,13);1-5H,6H2,(H,11,12);1-5H,6-7H2,(H,10,11);2-4H,1H3,(H,10,11);1-5H,(H,10,11);1-5H,(H,8,9);3-5H2,1-2H3,(H,7,8);(H,9,10). The minimum Gasteiger partial charge on any atom is -0.481 e. The number of halogens is 5. The number of hydrogen-bond acceptors (Lipinski definition) is 18. The van der Waals surface area contributed by atoms with E-state index in [9.17, 15) is 84.6 Å². The molecule has 0 saturated carbocycles. The van der Waals surface area contributed by atoms with Crippen LogP contribution in [0.2, 0.25) is 0 Å². The van der Waals surface area contributed by atoms with Gasteiger partial charge in [-0.2, -0.15) is 27.2 Å². The molecule has 0 atom stereocenters. The maximum Gasteiger partial charge on any atom is 0.465 e. The Bertz CT molecular complexity index is 3510. The number of carboxylic acids is 8. The lowest BCUT2D eigenvalue weighted by molar-refractivity contribution is -0.385. The molecule has 0 fully saturated rings. The highest BCUT2D eigenvalue weighted by Crippen LogP contribution is 2.47. The predicted molar refractivity (Wildman–Crippen MR) is 322 cm³/mol. The fourth-order valence-corrected chi connectivity index (χ4v) is 7.78. The number of nitro groups is 1. The third kappa shape index (κ3) is 37.6. The molecule has 0 heterocycles. The molecule has 498 valence electrons. The van der Waals surface area contributed by atoms with Crippen LogP contribution in [-0.4, -0.2) is 149 Å². The van der Waals surface area contributed by atoms with Crippen molar-refractivity contribution in [3.63, 3.8) is 0 Å². The van der Waals surface area contributed by atoms with E-state index in [-0.39, 0.29) is 35.8 Å². The van der Waals surface area contributed by atoms with E-state index in [1.165, 1.54) is 60.7 Å². The topological polar surface area (TPSA) is 444 Å². The fraction of sp³-hybridized carbons (Fsp3) is 0.183. The highest BCUT2D eigenvalue weighted by Gasteiger charge is 2.64. The van der Waals surface area contributed by atoms with Gasteiger partial charge in [0.05, 0.1) is 46.6 Å². The third-order valence-corrected chi connectivity index (χ3v) is 12.7. The number of aryl methyl sites for hydroxylation is 1. The van der Waals surface area contributed by atoms with E-state index >= 15 is 0 Å². The van der Waals surface area contributed by atoms with Gasteiger partial charge in [0.1, 0.15) is 17.5 Å². The maximum absolute atomic E-state index is 11.4. The molecule has 0 aliphatic heterocycles.